The minimum atomic E-state index is -0.635. The van der Waals surface area contributed by atoms with E-state index in [2.05, 4.69) is 34.6 Å². The molecule has 1 aliphatic rings. The van der Waals surface area contributed by atoms with Gasteiger partial charge in [0.2, 0.25) is 0 Å². The second-order valence-electron chi connectivity index (χ2n) is 7.67. The number of hydrogen-bond donors (Lipinski definition) is 2. The van der Waals surface area contributed by atoms with Gasteiger partial charge >= 0.3 is 0 Å². The van der Waals surface area contributed by atoms with Crippen LogP contribution in [0.15, 0.2) is 23.8 Å². The molecule has 22 heavy (non-hydrogen) atoms. The van der Waals surface area contributed by atoms with Crippen LogP contribution in [0.1, 0.15) is 58.8 Å². The summed E-state index contributed by atoms with van der Waals surface area (Å²) in [7, 11) is 0. The van der Waals surface area contributed by atoms with Crippen LogP contribution in [-0.4, -0.2) is 11.7 Å². The highest BCUT2D eigenvalue weighted by molar-refractivity contribution is 5.69. The van der Waals surface area contributed by atoms with E-state index in [9.17, 15) is 5.11 Å². The van der Waals surface area contributed by atoms with Gasteiger partial charge in [-0.2, -0.15) is 5.90 Å². The van der Waals surface area contributed by atoms with Crippen LogP contribution in [0, 0.1) is 10.8 Å². The first-order chi connectivity index (χ1) is 10.1. The fourth-order valence-electron chi connectivity index (χ4n) is 3.41. The fraction of sp³-hybridized carbons (Fsp3) is 0.556. The normalized spacial score (nSPS) is 19.1. The summed E-state index contributed by atoms with van der Waals surface area (Å²) < 4.78 is 6.01. The van der Waals surface area contributed by atoms with E-state index in [1.165, 1.54) is 5.57 Å². The predicted molar refractivity (Wildman–Crippen MR) is 88.0 cm³/mol. The Balaban J connectivity index is 2.59. The van der Waals surface area contributed by atoms with Crippen molar-refractivity contribution < 1.29 is 14.7 Å². The Kier molecular flexibility index (Phi) is 4.28. The molecule has 122 valence electrons. The zero-order chi connectivity index (χ0) is 16.7. The van der Waals surface area contributed by atoms with Gasteiger partial charge in [-0.3, -0.25) is 0 Å². The average Bonchev–Trinajstić information content (AvgIpc) is 2.73. The number of hydrogen-bond acceptors (Lipinski definition) is 4. The van der Waals surface area contributed by atoms with Crippen molar-refractivity contribution >= 4 is 5.76 Å². The minimum Gasteiger partial charge on any atom is -0.492 e. The van der Waals surface area contributed by atoms with Gasteiger partial charge in [-0.05, 0) is 24.0 Å². The van der Waals surface area contributed by atoms with Gasteiger partial charge in [0.05, 0.1) is 12.7 Å². The van der Waals surface area contributed by atoms with Crippen LogP contribution in [0.4, 0.5) is 0 Å². The highest BCUT2D eigenvalue weighted by Crippen LogP contribution is 2.49. The predicted octanol–water partition coefficient (Wildman–Crippen LogP) is 3.81. The standard InChI is InChI=1S/C18H27NO3/c1-11(20)13-8-7-12(9-14(13)22-19)15-16(17(2,3)4)18(5,6)10-21-15/h7-9,11,20H,10,19H2,1-6H3. The first kappa shape index (κ1) is 16.8. The van der Waals surface area contributed by atoms with Gasteiger partial charge in [0, 0.05) is 16.5 Å². The summed E-state index contributed by atoms with van der Waals surface area (Å²) in [6.07, 6.45) is -0.635. The molecule has 0 spiro atoms. The van der Waals surface area contributed by atoms with Crippen molar-refractivity contribution in [2.75, 3.05) is 6.61 Å². The van der Waals surface area contributed by atoms with Crippen molar-refractivity contribution in [2.45, 2.75) is 47.6 Å². The van der Waals surface area contributed by atoms with E-state index in [-0.39, 0.29) is 10.8 Å². The Bertz CT molecular complexity index is 595. The van der Waals surface area contributed by atoms with Crippen molar-refractivity contribution in [3.63, 3.8) is 0 Å². The highest BCUT2D eigenvalue weighted by Gasteiger charge is 2.41. The van der Waals surface area contributed by atoms with Gasteiger partial charge in [-0.15, -0.1) is 0 Å². The number of ether oxygens (including phenoxy) is 1. The maximum Gasteiger partial charge on any atom is 0.153 e. The van der Waals surface area contributed by atoms with Gasteiger partial charge in [0.1, 0.15) is 5.76 Å². The Morgan fingerprint density at radius 3 is 2.45 bits per heavy atom. The van der Waals surface area contributed by atoms with E-state index in [0.717, 1.165) is 11.3 Å². The lowest BCUT2D eigenvalue weighted by Crippen LogP contribution is -2.24. The maximum atomic E-state index is 9.78. The Morgan fingerprint density at radius 1 is 1.32 bits per heavy atom. The lowest BCUT2D eigenvalue weighted by atomic mass is 9.71. The lowest BCUT2D eigenvalue weighted by molar-refractivity contribution is 0.191. The van der Waals surface area contributed by atoms with E-state index in [0.29, 0.717) is 17.9 Å². The molecule has 1 aromatic rings. The summed E-state index contributed by atoms with van der Waals surface area (Å²) in [5.41, 5.74) is 2.87. The first-order valence-electron chi connectivity index (χ1n) is 7.65. The molecule has 0 aliphatic carbocycles. The molecule has 0 amide bonds. The Hall–Kier alpha value is -1.52. The quantitative estimate of drug-likeness (QED) is 0.834. The van der Waals surface area contributed by atoms with E-state index >= 15 is 0 Å². The SMILES string of the molecule is CC(O)c1ccc(C2=C(C(C)(C)C)C(C)(C)CO2)cc1ON. The molecule has 3 N–H and O–H groups in total. The van der Waals surface area contributed by atoms with Crippen LogP contribution in [0.5, 0.6) is 5.75 Å². The Labute approximate surface area is 132 Å². The van der Waals surface area contributed by atoms with Gasteiger partial charge in [0.15, 0.2) is 5.75 Å². The van der Waals surface area contributed by atoms with E-state index in [1.807, 2.05) is 18.2 Å². The van der Waals surface area contributed by atoms with Gasteiger partial charge in [-0.25, -0.2) is 0 Å². The number of aliphatic hydroxyl groups is 1. The number of rotatable bonds is 3. The third kappa shape index (κ3) is 2.99. The maximum absolute atomic E-state index is 9.78. The van der Waals surface area contributed by atoms with Crippen LogP contribution in [0.2, 0.25) is 0 Å². The molecule has 1 atom stereocenters. The van der Waals surface area contributed by atoms with Crippen molar-refractivity contribution in [3.8, 4) is 5.75 Å². The molecule has 1 aromatic carbocycles. The minimum absolute atomic E-state index is 0.00199. The van der Waals surface area contributed by atoms with Crippen LogP contribution >= 0.6 is 0 Å². The summed E-state index contributed by atoms with van der Waals surface area (Å²) >= 11 is 0. The monoisotopic (exact) mass is 305 g/mol. The number of nitrogens with two attached hydrogens (primary N) is 1. The van der Waals surface area contributed by atoms with Crippen LogP contribution in [0.25, 0.3) is 5.76 Å². The summed E-state index contributed by atoms with van der Waals surface area (Å²) in [6, 6.07) is 5.63. The second-order valence-corrected chi connectivity index (χ2v) is 7.67. The van der Waals surface area contributed by atoms with Crippen LogP contribution in [-0.2, 0) is 4.74 Å². The lowest BCUT2D eigenvalue weighted by Gasteiger charge is -2.31. The summed E-state index contributed by atoms with van der Waals surface area (Å²) in [4.78, 5) is 4.94. The molecule has 1 heterocycles. The van der Waals surface area contributed by atoms with Crippen LogP contribution in [0.3, 0.4) is 0 Å². The largest absolute Gasteiger partial charge is 0.492 e. The topological polar surface area (TPSA) is 64.7 Å². The average molecular weight is 305 g/mol. The first-order valence-corrected chi connectivity index (χ1v) is 7.65. The molecule has 2 rings (SSSR count). The molecule has 0 bridgehead atoms. The smallest absolute Gasteiger partial charge is 0.153 e. The molecular weight excluding hydrogens is 278 g/mol. The molecule has 0 fully saturated rings. The van der Waals surface area contributed by atoms with Gasteiger partial charge < -0.3 is 14.7 Å². The van der Waals surface area contributed by atoms with Crippen molar-refractivity contribution in [1.82, 2.24) is 0 Å². The van der Waals surface area contributed by atoms with Crippen molar-refractivity contribution in [2.24, 2.45) is 16.7 Å². The molecule has 4 nitrogen and oxygen atoms in total. The van der Waals surface area contributed by atoms with E-state index in [1.54, 1.807) is 6.92 Å². The number of aliphatic hydroxyl groups excluding tert-OH is 1. The summed E-state index contributed by atoms with van der Waals surface area (Å²) in [5.74, 6) is 6.73. The molecule has 1 unspecified atom stereocenters. The molecule has 0 radical (unpaired) electrons. The summed E-state index contributed by atoms with van der Waals surface area (Å²) in [6.45, 7) is 13.3. The van der Waals surface area contributed by atoms with Crippen LogP contribution < -0.4 is 10.7 Å². The third-order valence-electron chi connectivity index (χ3n) is 4.08. The van der Waals surface area contributed by atoms with Crippen molar-refractivity contribution in [1.29, 1.82) is 0 Å². The molecule has 0 saturated heterocycles. The number of benzene rings is 1. The molecule has 0 aromatic heterocycles. The fourth-order valence-corrected chi connectivity index (χ4v) is 3.41. The van der Waals surface area contributed by atoms with Gasteiger partial charge in [-0.1, -0.05) is 46.8 Å². The zero-order valence-electron chi connectivity index (χ0n) is 14.4. The molecule has 1 aliphatic heterocycles. The van der Waals surface area contributed by atoms with E-state index in [4.69, 9.17) is 15.5 Å². The third-order valence-corrected chi connectivity index (χ3v) is 4.08. The molecular formula is C18H27NO3. The summed E-state index contributed by atoms with van der Waals surface area (Å²) in [5, 5.41) is 9.78. The highest BCUT2D eigenvalue weighted by atomic mass is 16.6. The van der Waals surface area contributed by atoms with E-state index < -0.39 is 6.10 Å². The van der Waals surface area contributed by atoms with Crippen molar-refractivity contribution in [3.05, 3.63) is 34.9 Å². The molecule has 4 heteroatoms. The second kappa shape index (κ2) is 5.60. The van der Waals surface area contributed by atoms with Gasteiger partial charge in [0.25, 0.3) is 0 Å². The zero-order valence-corrected chi connectivity index (χ0v) is 14.4. The Morgan fingerprint density at radius 2 is 1.95 bits per heavy atom. The molecule has 0 saturated carbocycles.